The highest BCUT2D eigenvalue weighted by Crippen LogP contribution is 2.54. The molecule has 6 heteroatoms. The topological polar surface area (TPSA) is 88.5 Å². The normalized spacial score (nSPS) is 32.0. The molecule has 4 fully saturated rings. The lowest BCUT2D eigenvalue weighted by Gasteiger charge is -2.53. The maximum absolute atomic E-state index is 12.8. The molecular formula is C23H26N2O4. The zero-order valence-electron chi connectivity index (χ0n) is 16.5. The van der Waals surface area contributed by atoms with Crippen LogP contribution in [-0.4, -0.2) is 28.3 Å². The second kappa shape index (κ2) is 6.71. The van der Waals surface area contributed by atoms with E-state index in [9.17, 15) is 14.7 Å². The first-order valence-electron chi connectivity index (χ1n) is 10.5. The molecule has 2 aromatic rings. The second-order valence-electron chi connectivity index (χ2n) is 9.24. The number of rotatable bonds is 4. The maximum atomic E-state index is 12.8. The second-order valence-corrected chi connectivity index (χ2v) is 9.24. The SMILES string of the molecule is C[C@](NC(=O)OC1C2CC3CC(C2)CC1C3)(C(=O)O)c1ccc2ccccc2n1. The number of aromatic nitrogens is 1. The van der Waals surface area contributed by atoms with Crippen LogP contribution in [0.1, 0.15) is 44.7 Å². The van der Waals surface area contributed by atoms with Gasteiger partial charge in [0.2, 0.25) is 0 Å². The molecular weight excluding hydrogens is 368 g/mol. The van der Waals surface area contributed by atoms with Crippen LogP contribution in [0.15, 0.2) is 36.4 Å². The van der Waals surface area contributed by atoms with E-state index < -0.39 is 17.6 Å². The van der Waals surface area contributed by atoms with Crippen molar-refractivity contribution in [3.63, 3.8) is 0 Å². The first-order valence-corrected chi connectivity index (χ1v) is 10.5. The van der Waals surface area contributed by atoms with Crippen LogP contribution >= 0.6 is 0 Å². The lowest BCUT2D eigenvalue weighted by atomic mass is 9.55. The number of carbonyl (C=O) groups is 2. The predicted molar refractivity (Wildman–Crippen MR) is 107 cm³/mol. The van der Waals surface area contributed by atoms with Gasteiger partial charge in [-0.15, -0.1) is 0 Å². The summed E-state index contributed by atoms with van der Waals surface area (Å²) in [5.74, 6) is 1.25. The number of benzene rings is 1. The zero-order valence-corrected chi connectivity index (χ0v) is 16.5. The van der Waals surface area contributed by atoms with E-state index >= 15 is 0 Å². The standard InChI is InChI=1S/C23H26N2O4/c1-23(21(26)27,19-7-6-15-4-2-3-5-18(15)24-19)25-22(28)29-20-16-9-13-8-14(11-16)12-17(20)10-13/h2-7,13-14,16-17,20H,8-12H2,1H3,(H,25,28)(H,26,27)/t13?,14?,16?,17?,20?,23-/m1/s1. The van der Waals surface area contributed by atoms with Crippen LogP contribution in [0.2, 0.25) is 0 Å². The van der Waals surface area contributed by atoms with Crippen LogP contribution in [0.5, 0.6) is 0 Å². The number of hydrogen-bond donors (Lipinski definition) is 2. The molecule has 6 nitrogen and oxygen atoms in total. The molecule has 0 unspecified atom stereocenters. The van der Waals surface area contributed by atoms with Crippen molar-refractivity contribution >= 4 is 23.0 Å². The van der Waals surface area contributed by atoms with Crippen molar-refractivity contribution in [1.82, 2.24) is 10.3 Å². The Labute approximate surface area is 169 Å². The Morgan fingerprint density at radius 3 is 2.34 bits per heavy atom. The van der Waals surface area contributed by atoms with Crippen LogP contribution in [-0.2, 0) is 15.1 Å². The van der Waals surface area contributed by atoms with Crippen LogP contribution in [0, 0.1) is 23.7 Å². The Morgan fingerprint density at radius 2 is 1.69 bits per heavy atom. The number of pyridine rings is 1. The predicted octanol–water partition coefficient (Wildman–Crippen LogP) is 4.09. The minimum absolute atomic E-state index is 0.0922. The number of carboxylic acids is 1. The van der Waals surface area contributed by atoms with Gasteiger partial charge in [0.25, 0.3) is 0 Å². The van der Waals surface area contributed by atoms with Gasteiger partial charge in [-0.25, -0.2) is 14.6 Å². The number of alkyl carbamates (subject to hydrolysis) is 1. The molecule has 0 saturated heterocycles. The van der Waals surface area contributed by atoms with Crippen molar-refractivity contribution in [2.45, 2.75) is 50.7 Å². The maximum Gasteiger partial charge on any atom is 0.408 e. The molecule has 1 aromatic heterocycles. The number of nitrogens with one attached hydrogen (secondary N) is 1. The van der Waals surface area contributed by atoms with Gasteiger partial charge in [0.1, 0.15) is 6.10 Å². The van der Waals surface area contributed by atoms with Crippen LogP contribution in [0.25, 0.3) is 10.9 Å². The van der Waals surface area contributed by atoms with Crippen LogP contribution in [0.3, 0.4) is 0 Å². The molecule has 4 aliphatic carbocycles. The molecule has 1 heterocycles. The summed E-state index contributed by atoms with van der Waals surface area (Å²) >= 11 is 0. The number of hydrogen-bond acceptors (Lipinski definition) is 4. The molecule has 0 aliphatic heterocycles. The number of aliphatic carboxylic acids is 1. The Morgan fingerprint density at radius 1 is 1.03 bits per heavy atom. The molecule has 1 atom stereocenters. The number of para-hydroxylation sites is 1. The molecule has 4 saturated carbocycles. The summed E-state index contributed by atoms with van der Waals surface area (Å²) in [6.45, 7) is 1.46. The lowest BCUT2D eigenvalue weighted by Crippen LogP contribution is -2.54. The number of carboxylic acid groups (broad SMARTS) is 1. The van der Waals surface area contributed by atoms with Gasteiger partial charge in [0, 0.05) is 5.39 Å². The van der Waals surface area contributed by atoms with Crippen molar-refractivity contribution in [3.05, 3.63) is 42.1 Å². The van der Waals surface area contributed by atoms with Crippen molar-refractivity contribution in [1.29, 1.82) is 0 Å². The number of amides is 1. The molecule has 152 valence electrons. The quantitative estimate of drug-likeness (QED) is 0.816. The molecule has 2 N–H and O–H groups in total. The highest BCUT2D eigenvalue weighted by atomic mass is 16.6. The van der Waals surface area contributed by atoms with Crippen molar-refractivity contribution in [3.8, 4) is 0 Å². The third-order valence-corrected chi connectivity index (χ3v) is 7.27. The zero-order chi connectivity index (χ0) is 20.2. The number of nitrogens with zero attached hydrogens (tertiary/aromatic N) is 1. The van der Waals surface area contributed by atoms with Crippen LogP contribution in [0.4, 0.5) is 4.79 Å². The Kier molecular flexibility index (Phi) is 4.26. The van der Waals surface area contributed by atoms with Gasteiger partial charge >= 0.3 is 12.1 Å². The minimum atomic E-state index is -1.66. The molecule has 29 heavy (non-hydrogen) atoms. The van der Waals surface area contributed by atoms with E-state index in [1.54, 1.807) is 6.07 Å². The molecule has 1 aromatic carbocycles. The number of fused-ring (bicyclic) bond motifs is 1. The molecule has 4 bridgehead atoms. The first kappa shape index (κ1) is 18.4. The highest BCUT2D eigenvalue weighted by Gasteiger charge is 2.50. The van der Waals surface area contributed by atoms with Crippen LogP contribution < -0.4 is 5.32 Å². The summed E-state index contributed by atoms with van der Waals surface area (Å²) in [4.78, 5) is 29.4. The summed E-state index contributed by atoms with van der Waals surface area (Å²) in [7, 11) is 0. The fourth-order valence-corrected chi connectivity index (χ4v) is 6.00. The summed E-state index contributed by atoms with van der Waals surface area (Å²) in [5, 5.41) is 13.4. The van der Waals surface area contributed by atoms with E-state index in [1.807, 2.05) is 30.3 Å². The Bertz CT molecular complexity index is 946. The van der Waals surface area contributed by atoms with Crippen molar-refractivity contribution in [2.75, 3.05) is 0 Å². The first-order chi connectivity index (χ1) is 13.9. The van der Waals surface area contributed by atoms with E-state index in [1.165, 1.54) is 13.3 Å². The minimum Gasteiger partial charge on any atom is -0.479 e. The third kappa shape index (κ3) is 3.15. The number of carbonyl (C=O) groups excluding carboxylic acids is 1. The highest BCUT2D eigenvalue weighted by molar-refractivity contribution is 5.86. The fraction of sp³-hybridized carbons (Fsp3) is 0.522. The summed E-state index contributed by atoms with van der Waals surface area (Å²) in [5.41, 5.74) is -0.688. The molecule has 0 radical (unpaired) electrons. The average Bonchev–Trinajstić information content (AvgIpc) is 2.69. The molecule has 6 rings (SSSR count). The Balaban J connectivity index is 1.36. The van der Waals surface area contributed by atoms with Gasteiger partial charge < -0.3 is 15.2 Å². The average molecular weight is 394 g/mol. The summed E-state index contributed by atoms with van der Waals surface area (Å²) in [6.07, 6.45) is 5.10. The summed E-state index contributed by atoms with van der Waals surface area (Å²) in [6, 6.07) is 11.0. The Hall–Kier alpha value is -2.63. The molecule has 0 spiro atoms. The van der Waals surface area contributed by atoms with Gasteiger partial charge in [-0.3, -0.25) is 0 Å². The van der Waals surface area contributed by atoms with E-state index in [0.717, 1.165) is 42.9 Å². The lowest BCUT2D eigenvalue weighted by molar-refractivity contribution is -0.145. The van der Waals surface area contributed by atoms with Crippen molar-refractivity contribution < 1.29 is 19.4 Å². The monoisotopic (exact) mass is 394 g/mol. The largest absolute Gasteiger partial charge is 0.479 e. The summed E-state index contributed by atoms with van der Waals surface area (Å²) < 4.78 is 5.84. The van der Waals surface area contributed by atoms with Gasteiger partial charge in [0.15, 0.2) is 5.54 Å². The molecule has 1 amide bonds. The third-order valence-electron chi connectivity index (χ3n) is 7.27. The van der Waals surface area contributed by atoms with E-state index in [4.69, 9.17) is 4.74 Å². The van der Waals surface area contributed by atoms with E-state index in [0.29, 0.717) is 17.4 Å². The van der Waals surface area contributed by atoms with Crippen molar-refractivity contribution in [2.24, 2.45) is 23.7 Å². The fourth-order valence-electron chi connectivity index (χ4n) is 6.00. The van der Waals surface area contributed by atoms with E-state index in [2.05, 4.69) is 10.3 Å². The van der Waals surface area contributed by atoms with Gasteiger partial charge in [0.05, 0.1) is 11.2 Å². The van der Waals surface area contributed by atoms with Gasteiger partial charge in [-0.1, -0.05) is 24.3 Å². The van der Waals surface area contributed by atoms with Gasteiger partial charge in [-0.2, -0.15) is 0 Å². The van der Waals surface area contributed by atoms with E-state index in [-0.39, 0.29) is 11.8 Å². The van der Waals surface area contributed by atoms with Gasteiger partial charge in [-0.05, 0) is 74.8 Å². The smallest absolute Gasteiger partial charge is 0.408 e. The molecule has 4 aliphatic rings. The number of ether oxygens (including phenoxy) is 1.